The summed E-state index contributed by atoms with van der Waals surface area (Å²) in [5.41, 5.74) is 2.19. The first-order chi connectivity index (χ1) is 15.4. The van der Waals surface area contributed by atoms with Crippen molar-refractivity contribution < 1.29 is 17.9 Å². The molecule has 1 aliphatic rings. The lowest BCUT2D eigenvalue weighted by Gasteiger charge is -2.35. The van der Waals surface area contributed by atoms with Gasteiger partial charge in [-0.3, -0.25) is 9.78 Å². The first kappa shape index (κ1) is 22.0. The monoisotopic (exact) mass is 451 g/mol. The van der Waals surface area contributed by atoms with Crippen molar-refractivity contribution in [2.75, 3.05) is 26.2 Å². The summed E-state index contributed by atoms with van der Waals surface area (Å²) in [5.74, 6) is 0.457. The van der Waals surface area contributed by atoms with Gasteiger partial charge in [-0.25, -0.2) is 8.42 Å². The van der Waals surface area contributed by atoms with E-state index < -0.39 is 16.1 Å². The Morgan fingerprint density at radius 3 is 2.19 bits per heavy atom. The molecule has 1 atom stereocenters. The molecule has 1 aromatic heterocycles. The van der Waals surface area contributed by atoms with Crippen molar-refractivity contribution in [2.24, 2.45) is 0 Å². The second-order valence-corrected chi connectivity index (χ2v) is 9.51. The molecule has 1 saturated heterocycles. The van der Waals surface area contributed by atoms with Crippen LogP contribution in [-0.2, 0) is 14.8 Å². The zero-order valence-electron chi connectivity index (χ0n) is 17.8. The Kier molecular flexibility index (Phi) is 6.53. The smallest absolute Gasteiger partial charge is 0.263 e. The van der Waals surface area contributed by atoms with Gasteiger partial charge in [0.25, 0.3) is 5.91 Å². The number of pyridine rings is 1. The van der Waals surface area contributed by atoms with E-state index in [4.69, 9.17) is 4.74 Å². The highest BCUT2D eigenvalue weighted by Gasteiger charge is 2.32. The minimum Gasteiger partial charge on any atom is -0.481 e. The van der Waals surface area contributed by atoms with Crippen LogP contribution in [0.5, 0.6) is 5.75 Å². The van der Waals surface area contributed by atoms with Crippen LogP contribution < -0.4 is 4.74 Å². The van der Waals surface area contributed by atoms with Crippen LogP contribution in [0.1, 0.15) is 6.92 Å². The molecule has 166 valence electrons. The summed E-state index contributed by atoms with van der Waals surface area (Å²) >= 11 is 0. The number of hydrogen-bond donors (Lipinski definition) is 0. The molecule has 2 heterocycles. The Morgan fingerprint density at radius 2 is 1.56 bits per heavy atom. The van der Waals surface area contributed by atoms with Crippen molar-refractivity contribution in [3.63, 3.8) is 0 Å². The maximum atomic E-state index is 12.8. The van der Waals surface area contributed by atoms with Crippen molar-refractivity contribution in [1.29, 1.82) is 0 Å². The highest BCUT2D eigenvalue weighted by Crippen LogP contribution is 2.23. The zero-order chi connectivity index (χ0) is 22.6. The number of ether oxygens (including phenoxy) is 1. The first-order valence-electron chi connectivity index (χ1n) is 10.5. The molecule has 1 aliphatic heterocycles. The number of amides is 1. The Labute approximate surface area is 188 Å². The van der Waals surface area contributed by atoms with E-state index in [1.54, 1.807) is 17.9 Å². The van der Waals surface area contributed by atoms with Gasteiger partial charge in [-0.2, -0.15) is 4.31 Å². The SMILES string of the molecule is CC(Oc1ccc(-c2ccccc2)cc1)C(=O)N1CCN(S(=O)(=O)c2cccnc2)CC1. The molecule has 0 radical (unpaired) electrons. The second kappa shape index (κ2) is 9.50. The van der Waals surface area contributed by atoms with Gasteiger partial charge in [0.05, 0.1) is 0 Å². The summed E-state index contributed by atoms with van der Waals surface area (Å²) in [6.07, 6.45) is 2.21. The maximum absolute atomic E-state index is 12.8. The number of rotatable bonds is 6. The minimum atomic E-state index is -3.61. The van der Waals surface area contributed by atoms with E-state index in [1.807, 2.05) is 54.6 Å². The average molecular weight is 452 g/mol. The molecule has 0 spiro atoms. The van der Waals surface area contributed by atoms with Crippen LogP contribution in [0.4, 0.5) is 0 Å². The van der Waals surface area contributed by atoms with E-state index in [-0.39, 0.29) is 23.9 Å². The standard InChI is InChI=1S/C24H25N3O4S/c1-19(31-22-11-9-21(10-12-22)20-6-3-2-4-7-20)24(28)26-14-16-27(17-15-26)32(29,30)23-8-5-13-25-18-23/h2-13,18-19H,14-17H2,1H3. The highest BCUT2D eigenvalue weighted by atomic mass is 32.2. The van der Waals surface area contributed by atoms with Crippen LogP contribution in [-0.4, -0.2) is 60.8 Å². The average Bonchev–Trinajstić information content (AvgIpc) is 2.85. The van der Waals surface area contributed by atoms with Gasteiger partial charge >= 0.3 is 0 Å². The Bertz CT molecular complexity index is 1140. The summed E-state index contributed by atoms with van der Waals surface area (Å²) < 4.78 is 32.7. The van der Waals surface area contributed by atoms with Crippen LogP contribution in [0, 0.1) is 0 Å². The number of aromatic nitrogens is 1. The predicted molar refractivity (Wildman–Crippen MR) is 122 cm³/mol. The van der Waals surface area contributed by atoms with Crippen molar-refractivity contribution in [1.82, 2.24) is 14.2 Å². The predicted octanol–water partition coefficient (Wildman–Crippen LogP) is 3.05. The van der Waals surface area contributed by atoms with Crippen LogP contribution in [0.3, 0.4) is 0 Å². The summed E-state index contributed by atoms with van der Waals surface area (Å²) in [5, 5.41) is 0. The van der Waals surface area contributed by atoms with E-state index in [2.05, 4.69) is 4.98 Å². The first-order valence-corrected chi connectivity index (χ1v) is 11.9. The van der Waals surface area contributed by atoms with Gasteiger partial charge in [0.1, 0.15) is 10.6 Å². The van der Waals surface area contributed by atoms with E-state index in [9.17, 15) is 13.2 Å². The minimum absolute atomic E-state index is 0.157. The highest BCUT2D eigenvalue weighted by molar-refractivity contribution is 7.89. The van der Waals surface area contributed by atoms with Crippen LogP contribution in [0.2, 0.25) is 0 Å². The van der Waals surface area contributed by atoms with Crippen LogP contribution in [0.15, 0.2) is 84.0 Å². The molecule has 0 saturated carbocycles. The van der Waals surface area contributed by atoms with Crippen LogP contribution in [0.25, 0.3) is 11.1 Å². The molecule has 0 aliphatic carbocycles. The maximum Gasteiger partial charge on any atom is 0.263 e. The normalized spacial score (nSPS) is 15.8. The molecule has 7 nitrogen and oxygen atoms in total. The fourth-order valence-corrected chi connectivity index (χ4v) is 5.05. The van der Waals surface area contributed by atoms with Gasteiger partial charge in [-0.1, -0.05) is 42.5 Å². The van der Waals surface area contributed by atoms with E-state index in [0.29, 0.717) is 18.8 Å². The molecule has 1 unspecified atom stereocenters. The number of hydrogen-bond acceptors (Lipinski definition) is 5. The third-order valence-corrected chi connectivity index (χ3v) is 7.33. The van der Waals surface area contributed by atoms with Gasteiger partial charge in [0.2, 0.25) is 10.0 Å². The van der Waals surface area contributed by atoms with Gasteiger partial charge in [-0.05, 0) is 42.3 Å². The van der Waals surface area contributed by atoms with Crippen molar-refractivity contribution in [2.45, 2.75) is 17.9 Å². The summed E-state index contributed by atoms with van der Waals surface area (Å²) in [6, 6.07) is 20.8. The summed E-state index contributed by atoms with van der Waals surface area (Å²) in [7, 11) is -3.61. The fourth-order valence-electron chi connectivity index (χ4n) is 3.67. The number of benzene rings is 2. The zero-order valence-corrected chi connectivity index (χ0v) is 18.6. The molecule has 4 rings (SSSR count). The number of carbonyl (C=O) groups excluding carboxylic acids is 1. The Morgan fingerprint density at radius 1 is 0.906 bits per heavy atom. The second-order valence-electron chi connectivity index (χ2n) is 7.57. The number of sulfonamides is 1. The largest absolute Gasteiger partial charge is 0.481 e. The lowest BCUT2D eigenvalue weighted by molar-refractivity contribution is -0.139. The molecule has 0 bridgehead atoms. The lowest BCUT2D eigenvalue weighted by Crippen LogP contribution is -2.53. The number of carbonyl (C=O) groups is 1. The number of piperazine rings is 1. The molecule has 1 fully saturated rings. The summed E-state index contributed by atoms with van der Waals surface area (Å²) in [6.45, 7) is 2.83. The van der Waals surface area contributed by atoms with Crippen molar-refractivity contribution >= 4 is 15.9 Å². The Balaban J connectivity index is 1.33. The molecule has 1 amide bonds. The molecular formula is C24H25N3O4S. The third kappa shape index (κ3) is 4.81. The molecule has 0 N–H and O–H groups in total. The fraction of sp³-hybridized carbons (Fsp3) is 0.250. The van der Waals surface area contributed by atoms with Crippen molar-refractivity contribution in [3.05, 3.63) is 79.1 Å². The third-order valence-electron chi connectivity index (χ3n) is 5.44. The molecule has 2 aromatic carbocycles. The van der Waals surface area contributed by atoms with Crippen molar-refractivity contribution in [3.8, 4) is 16.9 Å². The van der Waals surface area contributed by atoms with E-state index >= 15 is 0 Å². The molecule has 8 heteroatoms. The van der Waals surface area contributed by atoms with E-state index in [0.717, 1.165) is 11.1 Å². The molecular weight excluding hydrogens is 426 g/mol. The Hall–Kier alpha value is -3.23. The van der Waals surface area contributed by atoms with Crippen LogP contribution >= 0.6 is 0 Å². The van der Waals surface area contributed by atoms with Gasteiger partial charge in [-0.15, -0.1) is 0 Å². The molecule has 32 heavy (non-hydrogen) atoms. The van der Waals surface area contributed by atoms with E-state index in [1.165, 1.54) is 22.8 Å². The topological polar surface area (TPSA) is 79.8 Å². The quantitative estimate of drug-likeness (QED) is 0.576. The van der Waals surface area contributed by atoms with Gasteiger partial charge < -0.3 is 9.64 Å². The van der Waals surface area contributed by atoms with Gasteiger partial charge in [0.15, 0.2) is 6.10 Å². The molecule has 3 aromatic rings. The lowest BCUT2D eigenvalue weighted by atomic mass is 10.1. The number of nitrogens with zero attached hydrogens (tertiary/aromatic N) is 3. The summed E-state index contributed by atoms with van der Waals surface area (Å²) in [4.78, 5) is 18.5. The van der Waals surface area contributed by atoms with Gasteiger partial charge in [0, 0.05) is 38.6 Å².